The van der Waals surface area contributed by atoms with E-state index in [1.165, 1.54) is 0 Å². The first-order valence-electron chi connectivity index (χ1n) is 0.724. The zero-order valence-electron chi connectivity index (χ0n) is 3.88. The van der Waals surface area contributed by atoms with E-state index in [0.717, 1.165) is 0 Å². The van der Waals surface area contributed by atoms with Gasteiger partial charge in [0.25, 0.3) is 0 Å². The van der Waals surface area contributed by atoms with E-state index in [4.69, 9.17) is 25.1 Å². The molecule has 0 rings (SSSR count). The zero-order chi connectivity index (χ0) is 5.58. The molecule has 0 aliphatic heterocycles. The van der Waals surface area contributed by atoms with Crippen LogP contribution < -0.4 is 29.6 Å². The Morgan fingerprint density at radius 2 is 1.38 bits per heavy atom. The average Bonchev–Trinajstić information content (AvgIpc) is 1.41. The molecule has 0 radical (unpaired) electrons. The molecule has 44 valence electrons. The molecule has 0 aliphatic carbocycles. The second-order valence-electron chi connectivity index (χ2n) is 0.204. The minimum atomic E-state index is -3.11. The zero-order valence-corrected chi connectivity index (χ0v) is 8.86. The Balaban J connectivity index is -0.0000000183. The largest absolute Gasteiger partial charge is 3.00 e. The van der Waals surface area contributed by atoms with Gasteiger partial charge >= 0.3 is 51.9 Å². The molecular weight excluding hydrogens is 326 g/mol. The van der Waals surface area contributed by atoms with Crippen molar-refractivity contribution in [2.75, 3.05) is 0 Å². The molecule has 0 spiro atoms. The van der Waals surface area contributed by atoms with Crippen LogP contribution in [0.2, 0.25) is 0 Å². The maximum Gasteiger partial charge on any atom is 3.00 e. The van der Waals surface area contributed by atoms with Crippen molar-refractivity contribution in [3.63, 3.8) is 0 Å². The quantitative estimate of drug-likeness (QED) is 0.259. The van der Waals surface area contributed by atoms with E-state index in [9.17, 15) is 0 Å². The van der Waals surface area contributed by atoms with Gasteiger partial charge in [-0.25, -0.2) is 0 Å². The van der Waals surface area contributed by atoms with E-state index in [2.05, 4.69) is 0 Å². The van der Waals surface area contributed by atoms with E-state index in [0.29, 0.717) is 0 Å². The molecule has 0 aromatic rings. The van der Waals surface area contributed by atoms with Crippen molar-refractivity contribution < 1.29 is 65.3 Å². The Bertz CT molecular complexity index is 63.5. The Morgan fingerprint density at radius 1 is 1.38 bits per heavy atom. The Morgan fingerprint density at radius 3 is 1.38 bits per heavy atom. The molecule has 0 saturated heterocycles. The van der Waals surface area contributed by atoms with E-state index in [-0.39, 0.29) is 51.9 Å². The van der Waals surface area contributed by atoms with E-state index >= 15 is 0 Å². The fourth-order valence-electron chi connectivity index (χ4n) is 0. The molecule has 0 N–H and O–H groups in total. The molecule has 0 saturated carbocycles. The van der Waals surface area contributed by atoms with Crippen LogP contribution in [0.1, 0.15) is 0 Å². The number of nitrogens with zero attached hydrogens (tertiary/aromatic N) is 1. The minimum absolute atomic E-state index is 0. The smallest absolute Gasteiger partial charge is 0.784 e. The van der Waals surface area contributed by atoms with Gasteiger partial charge in [0.2, 0.25) is 0 Å². The fraction of sp³-hybridized carbons (Fsp3) is 0. The number of rotatable bonds is 0. The maximum atomic E-state index is 8.44. The van der Waals surface area contributed by atoms with Crippen LogP contribution >= 0.6 is 0 Å². The minimum Gasteiger partial charge on any atom is -0.784 e. The fourth-order valence-corrected chi connectivity index (χ4v) is 0. The van der Waals surface area contributed by atoms with Gasteiger partial charge in [-0.3, -0.25) is 4.21 Å². The van der Waals surface area contributed by atoms with Crippen LogP contribution in [0.25, 0.3) is 0 Å². The molecule has 0 heterocycles. The van der Waals surface area contributed by atoms with Crippen molar-refractivity contribution in [3.05, 3.63) is 6.57 Å². The molecule has 8 heavy (non-hydrogen) atoms. The summed E-state index contributed by atoms with van der Waals surface area (Å²) in [6.07, 6.45) is 0. The van der Waals surface area contributed by atoms with Crippen LogP contribution in [-0.2, 0) is 33.7 Å². The molecule has 0 aromatic heterocycles. The van der Waals surface area contributed by atoms with Crippen molar-refractivity contribution in [2.45, 2.75) is 0 Å². The predicted molar refractivity (Wildman–Crippen MR) is 14.7 cm³/mol. The van der Waals surface area contributed by atoms with Crippen LogP contribution in [0.4, 0.5) is 0 Å². The molecule has 0 aliphatic rings. The molecule has 0 bridgehead atoms. The van der Waals surface area contributed by atoms with Crippen molar-refractivity contribution in [3.8, 4) is 0 Å². The second kappa shape index (κ2) is 23.9. The first-order valence-corrected chi connectivity index (χ1v) is 1.72. The maximum absolute atomic E-state index is 8.44. The third-order valence-electron chi connectivity index (χ3n) is 0. The first kappa shape index (κ1) is 22.8. The van der Waals surface area contributed by atoms with Crippen molar-refractivity contribution in [1.29, 1.82) is 5.26 Å². The van der Waals surface area contributed by atoms with Crippen molar-refractivity contribution >= 4 is 11.4 Å². The van der Waals surface area contributed by atoms with E-state index in [1.807, 2.05) is 0 Å². The molecule has 7 heteroatoms. The molecule has 0 unspecified atom stereocenters. The van der Waals surface area contributed by atoms with Gasteiger partial charge in [0.15, 0.2) is 0 Å². The third-order valence-corrected chi connectivity index (χ3v) is 0. The summed E-state index contributed by atoms with van der Waals surface area (Å²) < 4.78 is 25.3. The summed E-state index contributed by atoms with van der Waals surface area (Å²) in [5, 5.41) is 6.25. The standard InChI is InChI=1S/CN.Au.Na.H2O3S/c1-2;;;1-4(2)3/h;;;(H2,1,2,3)/q-1;+3;+1;/p-2. The van der Waals surface area contributed by atoms with Gasteiger partial charge in [-0.1, -0.05) is 0 Å². The van der Waals surface area contributed by atoms with Crippen molar-refractivity contribution in [1.82, 2.24) is 0 Å². The molecule has 0 fully saturated rings. The van der Waals surface area contributed by atoms with Gasteiger partial charge in [-0.05, 0) is 0 Å². The average molecular weight is 326 g/mol. The Kier molecular flexibility index (Phi) is 68.2. The molecule has 0 aromatic carbocycles. The summed E-state index contributed by atoms with van der Waals surface area (Å²) >= 11 is -3.11. The molecule has 0 amide bonds. The number of hydrogen-bond acceptors (Lipinski definition) is 4. The van der Waals surface area contributed by atoms with Crippen LogP contribution in [0.5, 0.6) is 0 Å². The van der Waals surface area contributed by atoms with Gasteiger partial charge in [0.05, 0.1) is 0 Å². The summed E-state index contributed by atoms with van der Waals surface area (Å²) in [6.45, 7) is 4.75. The summed E-state index contributed by atoms with van der Waals surface area (Å²) in [5.41, 5.74) is 0. The number of hydrogen-bond donors (Lipinski definition) is 0. The van der Waals surface area contributed by atoms with Gasteiger partial charge in [0, 0.05) is 0 Å². The van der Waals surface area contributed by atoms with Gasteiger partial charge in [0.1, 0.15) is 0 Å². The van der Waals surface area contributed by atoms with E-state index in [1.54, 1.807) is 0 Å². The normalized spacial score (nSPS) is 4.62. The summed E-state index contributed by atoms with van der Waals surface area (Å²) in [6, 6.07) is 0. The predicted octanol–water partition coefficient (Wildman–Crippen LogP) is -3.91. The van der Waals surface area contributed by atoms with Gasteiger partial charge in [-0.2, -0.15) is 0 Å². The summed E-state index contributed by atoms with van der Waals surface area (Å²) in [7, 11) is 0. The summed E-state index contributed by atoms with van der Waals surface area (Å²) in [5.74, 6) is 0. The van der Waals surface area contributed by atoms with Crippen LogP contribution in [0.3, 0.4) is 0 Å². The van der Waals surface area contributed by atoms with Crippen LogP contribution in [0, 0.1) is 11.8 Å². The van der Waals surface area contributed by atoms with Crippen LogP contribution in [-0.4, -0.2) is 13.3 Å². The third kappa shape index (κ3) is 171. The van der Waals surface area contributed by atoms with Crippen molar-refractivity contribution in [2.24, 2.45) is 0 Å². The summed E-state index contributed by atoms with van der Waals surface area (Å²) in [4.78, 5) is 0. The van der Waals surface area contributed by atoms with Crippen LogP contribution in [0.15, 0.2) is 0 Å². The van der Waals surface area contributed by atoms with E-state index < -0.39 is 11.4 Å². The first-order chi connectivity index (χ1) is 2.73. The SMILES string of the molecule is O=S([O-])[O-].[Au+3].[C-]#N.[Na+]. The Hall–Kier alpha value is 1.30. The molecule has 4 nitrogen and oxygen atoms in total. The monoisotopic (exact) mass is 326 g/mol. The molecule has 0 atom stereocenters. The van der Waals surface area contributed by atoms with Gasteiger partial charge in [-0.15, -0.1) is 11.4 Å². The molecular formula is CAuNNaO3S+. The second-order valence-corrected chi connectivity index (χ2v) is 0.612. The Labute approximate surface area is 87.6 Å². The topological polar surface area (TPSA) is 87.0 Å². The van der Waals surface area contributed by atoms with Gasteiger partial charge < -0.3 is 20.9 Å².